The molecule has 0 spiro atoms. The van der Waals surface area contributed by atoms with Gasteiger partial charge in [-0.25, -0.2) is 0 Å². The summed E-state index contributed by atoms with van der Waals surface area (Å²) in [6.45, 7) is 0. The van der Waals surface area contributed by atoms with Gasteiger partial charge in [0.15, 0.2) is 11.3 Å². The van der Waals surface area contributed by atoms with Gasteiger partial charge in [0.25, 0.3) is 0 Å². The lowest BCUT2D eigenvalue weighted by Gasteiger charge is -2.10. The number of allylic oxidation sites excluding steroid dienone is 1. The Morgan fingerprint density at radius 3 is 2.67 bits per heavy atom. The highest BCUT2D eigenvalue weighted by Gasteiger charge is 2.15. The van der Waals surface area contributed by atoms with Gasteiger partial charge in [-0.3, -0.25) is 4.79 Å². The summed E-state index contributed by atoms with van der Waals surface area (Å²) in [6.07, 6.45) is 4.39. The van der Waals surface area contributed by atoms with Crippen molar-refractivity contribution in [2.24, 2.45) is 0 Å². The van der Waals surface area contributed by atoms with Gasteiger partial charge in [-0.1, -0.05) is 0 Å². The second kappa shape index (κ2) is 5.14. The summed E-state index contributed by atoms with van der Waals surface area (Å²) in [5.74, 6) is 0.982. The maximum atomic E-state index is 10.8. The van der Waals surface area contributed by atoms with E-state index in [0.717, 1.165) is 5.39 Å². The van der Waals surface area contributed by atoms with Crippen LogP contribution in [0.15, 0.2) is 28.9 Å². The van der Waals surface area contributed by atoms with Gasteiger partial charge in [-0.2, -0.15) is 0 Å². The normalized spacial score (nSPS) is 11.1. The molecule has 1 aromatic heterocycles. The summed E-state index contributed by atoms with van der Waals surface area (Å²) in [7, 11) is 3.05. The van der Waals surface area contributed by atoms with Crippen molar-refractivity contribution < 1.29 is 18.7 Å². The molecular formula is C13H11ClO4. The first kappa shape index (κ1) is 12.5. The van der Waals surface area contributed by atoms with Crippen molar-refractivity contribution in [1.82, 2.24) is 0 Å². The van der Waals surface area contributed by atoms with E-state index in [1.54, 1.807) is 18.4 Å². The SMILES string of the molecule is COc1c(C=CC(=O)Cl)cc2ccoc2c1OC. The van der Waals surface area contributed by atoms with Crippen molar-refractivity contribution in [2.45, 2.75) is 0 Å². The molecule has 0 bridgehead atoms. The van der Waals surface area contributed by atoms with E-state index in [1.165, 1.54) is 20.3 Å². The number of methoxy groups -OCH3 is 2. The van der Waals surface area contributed by atoms with Crippen LogP contribution in [0.3, 0.4) is 0 Å². The number of carbonyl (C=O) groups excluding carboxylic acids is 1. The molecule has 0 aliphatic heterocycles. The van der Waals surface area contributed by atoms with E-state index in [4.69, 9.17) is 25.5 Å². The van der Waals surface area contributed by atoms with Crippen molar-refractivity contribution in [3.8, 4) is 11.5 Å². The fourth-order valence-electron chi connectivity index (χ4n) is 1.76. The molecule has 0 N–H and O–H groups in total. The van der Waals surface area contributed by atoms with E-state index in [-0.39, 0.29) is 0 Å². The smallest absolute Gasteiger partial charge is 0.245 e. The molecule has 94 valence electrons. The number of carbonyl (C=O) groups is 1. The average Bonchev–Trinajstić information content (AvgIpc) is 2.81. The molecule has 0 aliphatic carbocycles. The second-order valence-corrected chi connectivity index (χ2v) is 3.88. The molecule has 0 atom stereocenters. The Bertz CT molecular complexity index is 613. The highest BCUT2D eigenvalue weighted by atomic mass is 35.5. The summed E-state index contributed by atoms with van der Waals surface area (Å²) in [4.78, 5) is 10.8. The lowest BCUT2D eigenvalue weighted by molar-refractivity contribution is -0.107. The molecular weight excluding hydrogens is 256 g/mol. The van der Waals surface area contributed by atoms with Gasteiger partial charge >= 0.3 is 0 Å². The quantitative estimate of drug-likeness (QED) is 0.630. The molecule has 0 amide bonds. The Morgan fingerprint density at radius 2 is 2.06 bits per heavy atom. The Balaban J connectivity index is 2.67. The number of halogens is 1. The lowest BCUT2D eigenvalue weighted by atomic mass is 10.1. The van der Waals surface area contributed by atoms with Crippen LogP contribution in [-0.2, 0) is 4.79 Å². The average molecular weight is 267 g/mol. The third kappa shape index (κ3) is 2.19. The first-order valence-electron chi connectivity index (χ1n) is 5.17. The van der Waals surface area contributed by atoms with Gasteiger partial charge in [0.05, 0.1) is 20.5 Å². The molecule has 18 heavy (non-hydrogen) atoms. The van der Waals surface area contributed by atoms with E-state index in [2.05, 4.69) is 0 Å². The summed E-state index contributed by atoms with van der Waals surface area (Å²) in [5, 5.41) is 0.303. The molecule has 0 unspecified atom stereocenters. The Kier molecular flexibility index (Phi) is 3.58. The third-order valence-corrected chi connectivity index (χ3v) is 2.61. The zero-order valence-electron chi connectivity index (χ0n) is 9.90. The standard InChI is InChI=1S/C13H11ClO4/c1-16-11-8(3-4-10(14)15)7-9-5-6-18-12(9)13(11)17-2/h3-7H,1-2H3. The lowest BCUT2D eigenvalue weighted by Crippen LogP contribution is -1.94. The number of furan rings is 1. The molecule has 2 rings (SSSR count). The number of benzene rings is 1. The van der Waals surface area contributed by atoms with Crippen molar-refractivity contribution in [3.63, 3.8) is 0 Å². The fourth-order valence-corrected chi connectivity index (χ4v) is 1.82. The van der Waals surface area contributed by atoms with Crippen LogP contribution in [0.4, 0.5) is 0 Å². The van der Waals surface area contributed by atoms with Crippen LogP contribution in [-0.4, -0.2) is 19.5 Å². The minimum Gasteiger partial charge on any atom is -0.492 e. The van der Waals surface area contributed by atoms with E-state index in [9.17, 15) is 4.79 Å². The van der Waals surface area contributed by atoms with Gasteiger partial charge in [0.2, 0.25) is 11.0 Å². The molecule has 0 fully saturated rings. The minimum absolute atomic E-state index is 0.488. The molecule has 1 aromatic carbocycles. The highest BCUT2D eigenvalue weighted by molar-refractivity contribution is 6.66. The van der Waals surface area contributed by atoms with Gasteiger partial charge in [-0.05, 0) is 35.9 Å². The summed E-state index contributed by atoms with van der Waals surface area (Å²) < 4.78 is 15.9. The monoisotopic (exact) mass is 266 g/mol. The van der Waals surface area contributed by atoms with Gasteiger partial charge in [0.1, 0.15) is 0 Å². The number of hydrogen-bond donors (Lipinski definition) is 0. The number of rotatable bonds is 4. The number of hydrogen-bond acceptors (Lipinski definition) is 4. The molecule has 5 heteroatoms. The Morgan fingerprint density at radius 1 is 1.33 bits per heavy atom. The van der Waals surface area contributed by atoms with Crippen LogP contribution >= 0.6 is 11.6 Å². The summed E-state index contributed by atoms with van der Waals surface area (Å²) in [5.41, 5.74) is 1.29. The zero-order chi connectivity index (χ0) is 13.1. The van der Waals surface area contributed by atoms with Crippen LogP contribution in [0.1, 0.15) is 5.56 Å². The molecule has 0 radical (unpaired) electrons. The van der Waals surface area contributed by atoms with Gasteiger partial charge in [0, 0.05) is 10.9 Å². The molecule has 1 heterocycles. The molecule has 0 saturated carbocycles. The first-order valence-corrected chi connectivity index (χ1v) is 5.55. The second-order valence-electron chi connectivity index (χ2n) is 3.51. The molecule has 0 aliphatic rings. The van der Waals surface area contributed by atoms with Crippen molar-refractivity contribution in [3.05, 3.63) is 30.0 Å². The maximum absolute atomic E-state index is 10.8. The van der Waals surface area contributed by atoms with Crippen LogP contribution in [0.2, 0.25) is 0 Å². The maximum Gasteiger partial charge on any atom is 0.245 e. The zero-order valence-corrected chi connectivity index (χ0v) is 10.7. The third-order valence-electron chi connectivity index (χ3n) is 2.48. The van der Waals surface area contributed by atoms with Crippen LogP contribution in [0, 0.1) is 0 Å². The molecule has 2 aromatic rings. The predicted octanol–water partition coefficient (Wildman–Crippen LogP) is 3.23. The highest BCUT2D eigenvalue weighted by Crippen LogP contribution is 2.39. The van der Waals surface area contributed by atoms with Crippen molar-refractivity contribution in [2.75, 3.05) is 14.2 Å². The van der Waals surface area contributed by atoms with Gasteiger partial charge in [-0.15, -0.1) is 0 Å². The molecule has 4 nitrogen and oxygen atoms in total. The molecule has 0 saturated heterocycles. The largest absolute Gasteiger partial charge is 0.492 e. The summed E-state index contributed by atoms with van der Waals surface area (Å²) in [6, 6.07) is 3.63. The predicted molar refractivity (Wildman–Crippen MR) is 69.2 cm³/mol. The van der Waals surface area contributed by atoms with Gasteiger partial charge < -0.3 is 13.9 Å². The van der Waals surface area contributed by atoms with Crippen LogP contribution in [0.25, 0.3) is 17.0 Å². The van der Waals surface area contributed by atoms with Crippen molar-refractivity contribution in [1.29, 1.82) is 0 Å². The van der Waals surface area contributed by atoms with E-state index in [1.807, 2.05) is 6.07 Å². The topological polar surface area (TPSA) is 48.7 Å². The van der Waals surface area contributed by atoms with Crippen LogP contribution in [0.5, 0.6) is 11.5 Å². The van der Waals surface area contributed by atoms with E-state index in [0.29, 0.717) is 22.6 Å². The first-order chi connectivity index (χ1) is 8.67. The van der Waals surface area contributed by atoms with Crippen LogP contribution < -0.4 is 9.47 Å². The Hall–Kier alpha value is -1.94. The minimum atomic E-state index is -0.552. The number of ether oxygens (including phenoxy) is 2. The van der Waals surface area contributed by atoms with E-state index >= 15 is 0 Å². The van der Waals surface area contributed by atoms with E-state index < -0.39 is 5.24 Å². The van der Waals surface area contributed by atoms with Crippen molar-refractivity contribution >= 4 is 33.9 Å². The summed E-state index contributed by atoms with van der Waals surface area (Å²) >= 11 is 5.28. The fraction of sp³-hybridized carbons (Fsp3) is 0.154. The number of fused-ring (bicyclic) bond motifs is 1. The Labute approximate surface area is 109 Å².